The maximum absolute atomic E-state index is 13.5. The molecule has 4 atom stereocenters. The molecule has 0 heterocycles. The molecule has 3 nitrogen and oxygen atoms in total. The van der Waals surface area contributed by atoms with Gasteiger partial charge in [0, 0.05) is 18.7 Å². The number of rotatable bonds is 7. The Morgan fingerprint density at radius 3 is 2.12 bits per heavy atom. The van der Waals surface area contributed by atoms with Crippen LogP contribution in [0.1, 0.15) is 36.9 Å². The van der Waals surface area contributed by atoms with Gasteiger partial charge >= 0.3 is 0 Å². The first kappa shape index (κ1) is 18.5. The number of benzene rings is 2. The van der Waals surface area contributed by atoms with Gasteiger partial charge in [-0.05, 0) is 36.1 Å². The van der Waals surface area contributed by atoms with E-state index < -0.39 is 29.8 Å². The van der Waals surface area contributed by atoms with Crippen LogP contribution in [0.4, 0.5) is 8.78 Å². The highest BCUT2D eigenvalue weighted by atomic mass is 19.1. The number of aliphatic hydroxyl groups is 1. The number of halogens is 2. The summed E-state index contributed by atoms with van der Waals surface area (Å²) in [7, 11) is 0. The second kappa shape index (κ2) is 8.33. The molecule has 0 amide bonds. The van der Waals surface area contributed by atoms with E-state index in [0.29, 0.717) is 12.1 Å². The molecule has 0 aromatic heterocycles. The summed E-state index contributed by atoms with van der Waals surface area (Å²) in [6.07, 6.45) is -0.819. The minimum atomic E-state index is -0.819. The fourth-order valence-electron chi connectivity index (χ4n) is 2.71. The zero-order valence-corrected chi connectivity index (χ0v) is 13.9. The van der Waals surface area contributed by atoms with Gasteiger partial charge in [-0.3, -0.25) is 0 Å². The lowest BCUT2D eigenvalue weighted by molar-refractivity contribution is 0.142. The molecular weight excluding hydrogens is 310 g/mol. The summed E-state index contributed by atoms with van der Waals surface area (Å²) in [6, 6.07) is 12.0. The van der Waals surface area contributed by atoms with Crippen molar-refractivity contribution in [3.8, 4) is 0 Å². The van der Waals surface area contributed by atoms with E-state index in [1.807, 2.05) is 30.3 Å². The molecule has 0 fully saturated rings. The Balaban J connectivity index is 2.17. The smallest absolute Gasteiger partial charge is 0.126 e. The number of nitrogens with two attached hydrogens (primary N) is 1. The molecule has 2 rings (SSSR count). The number of hydrogen-bond acceptors (Lipinski definition) is 3. The highest BCUT2D eigenvalue weighted by Gasteiger charge is 2.25. The summed E-state index contributed by atoms with van der Waals surface area (Å²) < 4.78 is 27.1. The highest BCUT2D eigenvalue weighted by Crippen LogP contribution is 2.22. The van der Waals surface area contributed by atoms with E-state index in [1.54, 1.807) is 6.92 Å². The van der Waals surface area contributed by atoms with Gasteiger partial charge in [0.15, 0.2) is 0 Å². The molecule has 0 aliphatic rings. The summed E-state index contributed by atoms with van der Waals surface area (Å²) in [4.78, 5) is 0. The molecule has 5 heteroatoms. The van der Waals surface area contributed by atoms with Crippen molar-refractivity contribution in [1.29, 1.82) is 0 Å². The SMILES string of the molecule is CC(CNC(c1cc(F)cc(F)c1)[C@H](N)[C@@H](C)O)c1ccccc1. The first-order valence-corrected chi connectivity index (χ1v) is 8.06. The van der Waals surface area contributed by atoms with Crippen molar-refractivity contribution < 1.29 is 13.9 Å². The van der Waals surface area contributed by atoms with Gasteiger partial charge in [-0.25, -0.2) is 8.78 Å². The van der Waals surface area contributed by atoms with Gasteiger partial charge < -0.3 is 16.2 Å². The Kier molecular flexibility index (Phi) is 6.43. The van der Waals surface area contributed by atoms with Crippen molar-refractivity contribution in [2.75, 3.05) is 6.54 Å². The topological polar surface area (TPSA) is 58.3 Å². The molecule has 4 N–H and O–H groups in total. The van der Waals surface area contributed by atoms with E-state index in [-0.39, 0.29) is 5.92 Å². The number of hydrogen-bond donors (Lipinski definition) is 3. The third-order valence-corrected chi connectivity index (χ3v) is 4.20. The largest absolute Gasteiger partial charge is 0.392 e. The van der Waals surface area contributed by atoms with Crippen LogP contribution in [0.2, 0.25) is 0 Å². The van der Waals surface area contributed by atoms with E-state index in [4.69, 9.17) is 5.73 Å². The molecular formula is C19H24F2N2O. The van der Waals surface area contributed by atoms with Crippen LogP contribution in [0.3, 0.4) is 0 Å². The molecule has 2 aromatic rings. The zero-order chi connectivity index (χ0) is 17.7. The van der Waals surface area contributed by atoms with Gasteiger partial charge in [-0.15, -0.1) is 0 Å². The highest BCUT2D eigenvalue weighted by molar-refractivity contribution is 5.24. The minimum absolute atomic E-state index is 0.188. The van der Waals surface area contributed by atoms with Gasteiger partial charge in [0.05, 0.1) is 12.1 Å². The van der Waals surface area contributed by atoms with Gasteiger partial charge in [0.25, 0.3) is 0 Å². The lowest BCUT2D eigenvalue weighted by Crippen LogP contribution is -2.45. The van der Waals surface area contributed by atoms with Gasteiger partial charge in [-0.2, -0.15) is 0 Å². The summed E-state index contributed by atoms with van der Waals surface area (Å²) in [6.45, 7) is 4.18. The van der Waals surface area contributed by atoms with Crippen LogP contribution in [0, 0.1) is 11.6 Å². The van der Waals surface area contributed by atoms with E-state index in [2.05, 4.69) is 12.2 Å². The van der Waals surface area contributed by atoms with Crippen LogP contribution in [-0.2, 0) is 0 Å². The van der Waals surface area contributed by atoms with E-state index in [0.717, 1.165) is 11.6 Å². The Labute approximate surface area is 141 Å². The quantitative estimate of drug-likeness (QED) is 0.729. The second-order valence-corrected chi connectivity index (χ2v) is 6.22. The fraction of sp³-hybridized carbons (Fsp3) is 0.368. The van der Waals surface area contributed by atoms with Crippen LogP contribution >= 0.6 is 0 Å². The molecule has 0 saturated carbocycles. The summed E-state index contributed by atoms with van der Waals surface area (Å²) >= 11 is 0. The third kappa shape index (κ3) is 4.84. The molecule has 130 valence electrons. The van der Waals surface area contributed by atoms with Crippen molar-refractivity contribution >= 4 is 0 Å². The fourth-order valence-corrected chi connectivity index (χ4v) is 2.71. The molecule has 0 saturated heterocycles. The van der Waals surface area contributed by atoms with Crippen molar-refractivity contribution in [1.82, 2.24) is 5.32 Å². The second-order valence-electron chi connectivity index (χ2n) is 6.22. The van der Waals surface area contributed by atoms with Crippen molar-refractivity contribution in [2.45, 2.75) is 38.0 Å². The molecule has 0 bridgehead atoms. The van der Waals surface area contributed by atoms with E-state index in [9.17, 15) is 13.9 Å². The summed E-state index contributed by atoms with van der Waals surface area (Å²) in [5, 5.41) is 13.1. The summed E-state index contributed by atoms with van der Waals surface area (Å²) in [5.41, 5.74) is 7.60. The standard InChI is InChI=1S/C19H24F2N2O/c1-12(14-6-4-3-5-7-14)11-23-19(18(22)13(2)24)15-8-16(20)10-17(21)9-15/h3-10,12-13,18-19,23-24H,11,22H2,1-2H3/t12?,13-,18-,19?/m1/s1. The van der Waals surface area contributed by atoms with E-state index in [1.165, 1.54) is 12.1 Å². The normalized spacial score (nSPS) is 16.4. The predicted octanol–water partition coefficient (Wildman–Crippen LogP) is 3.11. The van der Waals surface area contributed by atoms with Crippen molar-refractivity contribution in [2.24, 2.45) is 5.73 Å². The molecule has 0 aliphatic heterocycles. The third-order valence-electron chi connectivity index (χ3n) is 4.20. The molecule has 24 heavy (non-hydrogen) atoms. The first-order valence-electron chi connectivity index (χ1n) is 8.06. The lowest BCUT2D eigenvalue weighted by Gasteiger charge is -2.29. The lowest BCUT2D eigenvalue weighted by atomic mass is 9.94. The molecule has 2 aromatic carbocycles. The number of aliphatic hydroxyl groups excluding tert-OH is 1. The Hall–Kier alpha value is -1.82. The molecule has 2 unspecified atom stereocenters. The monoisotopic (exact) mass is 334 g/mol. The van der Waals surface area contributed by atoms with Crippen molar-refractivity contribution in [3.05, 3.63) is 71.3 Å². The Morgan fingerprint density at radius 2 is 1.58 bits per heavy atom. The van der Waals surface area contributed by atoms with Crippen LogP contribution < -0.4 is 11.1 Å². The molecule has 0 radical (unpaired) electrons. The molecule has 0 spiro atoms. The van der Waals surface area contributed by atoms with Crippen LogP contribution in [0.5, 0.6) is 0 Å². The Bertz CT molecular complexity index is 629. The average Bonchev–Trinajstić information content (AvgIpc) is 2.54. The van der Waals surface area contributed by atoms with Crippen LogP contribution in [0.15, 0.2) is 48.5 Å². The van der Waals surface area contributed by atoms with Crippen LogP contribution in [0.25, 0.3) is 0 Å². The molecule has 0 aliphatic carbocycles. The van der Waals surface area contributed by atoms with Crippen molar-refractivity contribution in [3.63, 3.8) is 0 Å². The maximum Gasteiger partial charge on any atom is 0.126 e. The van der Waals surface area contributed by atoms with Gasteiger partial charge in [0.2, 0.25) is 0 Å². The zero-order valence-electron chi connectivity index (χ0n) is 13.9. The number of nitrogens with one attached hydrogen (secondary N) is 1. The Morgan fingerprint density at radius 1 is 1.00 bits per heavy atom. The van der Waals surface area contributed by atoms with Crippen LogP contribution in [-0.4, -0.2) is 23.8 Å². The minimum Gasteiger partial charge on any atom is -0.392 e. The van der Waals surface area contributed by atoms with E-state index >= 15 is 0 Å². The summed E-state index contributed by atoms with van der Waals surface area (Å²) in [5.74, 6) is -1.13. The first-order chi connectivity index (χ1) is 11.4. The van der Waals surface area contributed by atoms with Gasteiger partial charge in [0.1, 0.15) is 11.6 Å². The van der Waals surface area contributed by atoms with Gasteiger partial charge in [-0.1, -0.05) is 37.3 Å². The predicted molar refractivity (Wildman–Crippen MR) is 91.6 cm³/mol. The maximum atomic E-state index is 13.5. The average molecular weight is 334 g/mol.